The third-order valence-corrected chi connectivity index (χ3v) is 4.26. The zero-order chi connectivity index (χ0) is 15.6. The van der Waals surface area contributed by atoms with E-state index < -0.39 is 6.04 Å². The van der Waals surface area contributed by atoms with E-state index in [-0.39, 0.29) is 24.3 Å². The molecule has 1 N–H and O–H groups in total. The molecule has 2 amide bonds. The smallest absolute Gasteiger partial charge is 0.252 e. The summed E-state index contributed by atoms with van der Waals surface area (Å²) in [5.41, 5.74) is 1.75. The molecule has 5 heteroatoms. The minimum Gasteiger partial charge on any atom is -0.372 e. The molecule has 0 radical (unpaired) electrons. The topological polar surface area (TPSA) is 49.4 Å². The van der Waals surface area contributed by atoms with Gasteiger partial charge in [-0.3, -0.25) is 14.5 Å². The number of aryl methyl sites for hydroxylation is 1. The minimum absolute atomic E-state index is 0.00899. The second-order valence-corrected chi connectivity index (χ2v) is 5.86. The zero-order valence-corrected chi connectivity index (χ0v) is 13.4. The van der Waals surface area contributed by atoms with Gasteiger partial charge in [-0.05, 0) is 37.5 Å². The van der Waals surface area contributed by atoms with E-state index in [4.69, 9.17) is 11.6 Å². The van der Waals surface area contributed by atoms with Gasteiger partial charge in [0.05, 0.1) is 17.1 Å². The van der Waals surface area contributed by atoms with Crippen LogP contribution in [-0.4, -0.2) is 28.8 Å². The summed E-state index contributed by atoms with van der Waals surface area (Å²) in [5.74, 6) is -0.250. The molecule has 1 atom stereocenters. The van der Waals surface area contributed by atoms with Crippen molar-refractivity contribution in [3.05, 3.63) is 28.8 Å². The maximum absolute atomic E-state index is 12.5. The average molecular weight is 309 g/mol. The van der Waals surface area contributed by atoms with Gasteiger partial charge in [-0.25, -0.2) is 0 Å². The third kappa shape index (κ3) is 3.21. The summed E-state index contributed by atoms with van der Waals surface area (Å²) < 4.78 is 0. The molecular weight excluding hydrogens is 288 g/mol. The van der Waals surface area contributed by atoms with E-state index in [1.54, 1.807) is 0 Å². The molecule has 1 aromatic rings. The Kier molecular flexibility index (Phi) is 4.88. The van der Waals surface area contributed by atoms with Crippen molar-refractivity contribution in [2.24, 2.45) is 0 Å². The fourth-order valence-electron chi connectivity index (χ4n) is 2.73. The number of hydrogen-bond acceptors (Lipinski definition) is 3. The lowest BCUT2D eigenvalue weighted by Gasteiger charge is -2.24. The van der Waals surface area contributed by atoms with Gasteiger partial charge in [0, 0.05) is 6.04 Å². The van der Waals surface area contributed by atoms with Gasteiger partial charge in [-0.15, -0.1) is 0 Å². The van der Waals surface area contributed by atoms with Gasteiger partial charge in [0.2, 0.25) is 5.91 Å². The predicted octanol–water partition coefficient (Wildman–Crippen LogP) is 3.38. The first-order chi connectivity index (χ1) is 9.97. The van der Waals surface area contributed by atoms with Crippen LogP contribution in [0.1, 0.15) is 38.7 Å². The maximum atomic E-state index is 12.5. The van der Waals surface area contributed by atoms with Gasteiger partial charge < -0.3 is 5.32 Å². The van der Waals surface area contributed by atoms with Crippen molar-refractivity contribution >= 4 is 29.1 Å². The summed E-state index contributed by atoms with van der Waals surface area (Å²) in [7, 11) is 0. The van der Waals surface area contributed by atoms with Crippen molar-refractivity contribution in [2.75, 3.05) is 5.32 Å². The largest absolute Gasteiger partial charge is 0.372 e. The number of amides is 2. The Bertz CT molecular complexity index is 555. The first-order valence-corrected chi connectivity index (χ1v) is 7.74. The molecule has 1 saturated heterocycles. The molecule has 0 aliphatic carbocycles. The minimum atomic E-state index is -0.515. The molecule has 1 aromatic carbocycles. The molecule has 1 fully saturated rings. The number of likely N-dealkylation sites (tertiary alicyclic amines) is 1. The molecular formula is C16H21ClN2O2. The van der Waals surface area contributed by atoms with Crippen LogP contribution in [-0.2, 0) is 9.59 Å². The Morgan fingerprint density at radius 3 is 2.57 bits per heavy atom. The van der Waals surface area contributed by atoms with Crippen LogP contribution in [0.15, 0.2) is 18.2 Å². The Hall–Kier alpha value is -1.55. The fourth-order valence-corrected chi connectivity index (χ4v) is 3.02. The fraction of sp³-hybridized carbons (Fsp3) is 0.500. The first-order valence-electron chi connectivity index (χ1n) is 7.36. The van der Waals surface area contributed by atoms with E-state index in [2.05, 4.69) is 5.32 Å². The van der Waals surface area contributed by atoms with Crippen LogP contribution in [0.3, 0.4) is 0 Å². The predicted molar refractivity (Wildman–Crippen MR) is 84.4 cm³/mol. The highest BCUT2D eigenvalue weighted by Gasteiger charge is 2.41. The summed E-state index contributed by atoms with van der Waals surface area (Å²) >= 11 is 6.17. The van der Waals surface area contributed by atoms with Crippen molar-refractivity contribution < 1.29 is 9.59 Å². The molecule has 0 spiro atoms. The highest BCUT2D eigenvalue weighted by atomic mass is 35.5. The zero-order valence-electron chi connectivity index (χ0n) is 12.6. The molecule has 0 bridgehead atoms. The maximum Gasteiger partial charge on any atom is 0.252 e. The lowest BCUT2D eigenvalue weighted by molar-refractivity contribution is -0.141. The van der Waals surface area contributed by atoms with Crippen molar-refractivity contribution in [1.29, 1.82) is 0 Å². The molecule has 0 aromatic heterocycles. The highest BCUT2D eigenvalue weighted by Crippen LogP contribution is 2.27. The molecule has 1 unspecified atom stereocenters. The monoisotopic (exact) mass is 308 g/mol. The molecule has 21 heavy (non-hydrogen) atoms. The normalized spacial score (nSPS) is 18.7. The number of halogens is 1. The summed E-state index contributed by atoms with van der Waals surface area (Å²) in [5, 5.41) is 3.67. The van der Waals surface area contributed by atoms with E-state index in [1.807, 2.05) is 39.0 Å². The number of anilines is 1. The van der Waals surface area contributed by atoms with Crippen LogP contribution in [0.2, 0.25) is 5.02 Å². The number of nitrogens with one attached hydrogen (secondary N) is 1. The Balaban J connectivity index is 2.15. The van der Waals surface area contributed by atoms with Crippen molar-refractivity contribution in [2.45, 2.75) is 52.1 Å². The number of nitrogens with zero attached hydrogens (tertiary/aromatic N) is 1. The molecule has 1 aliphatic rings. The number of rotatable bonds is 5. The Labute approximate surface area is 130 Å². The lowest BCUT2D eigenvalue weighted by Crippen LogP contribution is -2.41. The van der Waals surface area contributed by atoms with Gasteiger partial charge >= 0.3 is 0 Å². The van der Waals surface area contributed by atoms with Gasteiger partial charge in [0.1, 0.15) is 6.04 Å². The van der Waals surface area contributed by atoms with Crippen molar-refractivity contribution in [1.82, 2.24) is 4.90 Å². The lowest BCUT2D eigenvalue weighted by atomic mass is 10.1. The second-order valence-electron chi connectivity index (χ2n) is 5.46. The standard InChI is InChI=1S/C16H21ClN2O2/c1-4-11(5-2)19-15(20)9-14(16(19)21)18-13-7-6-10(3)8-12(13)17/h6-8,11,14,18H,4-5,9H2,1-3H3. The molecule has 4 nitrogen and oxygen atoms in total. The van der Waals surface area contributed by atoms with Crippen molar-refractivity contribution in [3.8, 4) is 0 Å². The molecule has 2 rings (SSSR count). The number of imide groups is 1. The van der Waals surface area contributed by atoms with Crippen LogP contribution < -0.4 is 5.32 Å². The van der Waals surface area contributed by atoms with E-state index >= 15 is 0 Å². The number of hydrogen-bond donors (Lipinski definition) is 1. The van der Waals surface area contributed by atoms with Gasteiger partial charge in [0.25, 0.3) is 5.91 Å². The molecule has 0 saturated carbocycles. The van der Waals surface area contributed by atoms with E-state index in [0.717, 1.165) is 18.4 Å². The summed E-state index contributed by atoms with van der Waals surface area (Å²) in [4.78, 5) is 26.0. The van der Waals surface area contributed by atoms with Crippen LogP contribution in [0, 0.1) is 6.92 Å². The quantitative estimate of drug-likeness (QED) is 0.848. The van der Waals surface area contributed by atoms with Crippen LogP contribution in [0.25, 0.3) is 0 Å². The summed E-state index contributed by atoms with van der Waals surface area (Å²) in [6, 6.07) is 5.08. The SMILES string of the molecule is CCC(CC)N1C(=O)CC(Nc2ccc(C)cc2Cl)C1=O. The molecule has 1 aliphatic heterocycles. The Morgan fingerprint density at radius 1 is 1.33 bits per heavy atom. The van der Waals surface area contributed by atoms with Gasteiger partial charge in [0.15, 0.2) is 0 Å². The molecule has 1 heterocycles. The summed E-state index contributed by atoms with van der Waals surface area (Å²) in [6.45, 7) is 5.94. The average Bonchev–Trinajstić information content (AvgIpc) is 2.71. The Morgan fingerprint density at radius 2 is 2.00 bits per heavy atom. The molecule has 114 valence electrons. The van der Waals surface area contributed by atoms with Gasteiger partial charge in [-0.2, -0.15) is 0 Å². The van der Waals surface area contributed by atoms with E-state index in [0.29, 0.717) is 10.7 Å². The number of carbonyl (C=O) groups excluding carboxylic acids is 2. The van der Waals surface area contributed by atoms with Crippen LogP contribution in [0.4, 0.5) is 5.69 Å². The van der Waals surface area contributed by atoms with Gasteiger partial charge in [-0.1, -0.05) is 31.5 Å². The third-order valence-electron chi connectivity index (χ3n) is 3.94. The van der Waals surface area contributed by atoms with Crippen LogP contribution in [0.5, 0.6) is 0 Å². The van der Waals surface area contributed by atoms with Crippen molar-refractivity contribution in [3.63, 3.8) is 0 Å². The first kappa shape index (κ1) is 15.8. The van der Waals surface area contributed by atoms with E-state index in [9.17, 15) is 9.59 Å². The second kappa shape index (κ2) is 6.48. The highest BCUT2D eigenvalue weighted by molar-refractivity contribution is 6.33. The van der Waals surface area contributed by atoms with Crippen LogP contribution >= 0.6 is 11.6 Å². The number of carbonyl (C=O) groups is 2. The van der Waals surface area contributed by atoms with E-state index in [1.165, 1.54) is 4.90 Å². The summed E-state index contributed by atoms with van der Waals surface area (Å²) in [6.07, 6.45) is 1.76. The number of benzene rings is 1.